The van der Waals surface area contributed by atoms with Gasteiger partial charge in [-0.3, -0.25) is 0 Å². The van der Waals surface area contributed by atoms with Crippen LogP contribution in [0.5, 0.6) is 0 Å². The van der Waals surface area contributed by atoms with Gasteiger partial charge in [-0.2, -0.15) is 0 Å². The third kappa shape index (κ3) is 5.01. The molecule has 0 aromatic heterocycles. The predicted molar refractivity (Wildman–Crippen MR) is 76.2 cm³/mol. The van der Waals surface area contributed by atoms with Gasteiger partial charge in [0, 0.05) is 17.6 Å². The molecule has 0 aliphatic rings. The van der Waals surface area contributed by atoms with Gasteiger partial charge >= 0.3 is 0 Å². The van der Waals surface area contributed by atoms with E-state index in [0.29, 0.717) is 6.42 Å². The second-order valence-corrected chi connectivity index (χ2v) is 5.23. The Morgan fingerprint density at radius 3 is 2.39 bits per heavy atom. The number of carbonyl (C=O) groups is 1. The van der Waals surface area contributed by atoms with Gasteiger partial charge in [-0.1, -0.05) is 56.9 Å². The SMILES string of the molecule is CC(C)(C)C(C#Cc1ccccc1)=CCCC=O. The molecule has 0 radical (unpaired) electrons. The number of unbranched alkanes of at least 4 members (excludes halogenated alkanes) is 1. The van der Waals surface area contributed by atoms with Gasteiger partial charge in [0.25, 0.3) is 0 Å². The maximum atomic E-state index is 10.4. The summed E-state index contributed by atoms with van der Waals surface area (Å²) in [6.45, 7) is 6.41. The first-order valence-electron chi connectivity index (χ1n) is 6.25. The average molecular weight is 240 g/mol. The Balaban J connectivity index is 2.90. The lowest BCUT2D eigenvalue weighted by Crippen LogP contribution is -2.08. The molecular weight excluding hydrogens is 220 g/mol. The van der Waals surface area contributed by atoms with Crippen molar-refractivity contribution in [3.63, 3.8) is 0 Å². The van der Waals surface area contributed by atoms with Crippen LogP contribution in [0.1, 0.15) is 39.2 Å². The van der Waals surface area contributed by atoms with E-state index >= 15 is 0 Å². The highest BCUT2D eigenvalue weighted by molar-refractivity contribution is 5.50. The van der Waals surface area contributed by atoms with Crippen molar-refractivity contribution in [2.75, 3.05) is 0 Å². The van der Waals surface area contributed by atoms with Crippen LogP contribution in [0.4, 0.5) is 0 Å². The Morgan fingerprint density at radius 2 is 1.83 bits per heavy atom. The van der Waals surface area contributed by atoms with E-state index in [2.05, 4.69) is 38.7 Å². The van der Waals surface area contributed by atoms with Gasteiger partial charge in [0.05, 0.1) is 0 Å². The van der Waals surface area contributed by atoms with E-state index in [0.717, 1.165) is 23.8 Å². The first kappa shape index (κ1) is 14.3. The first-order chi connectivity index (χ1) is 8.54. The minimum absolute atomic E-state index is 0.0185. The summed E-state index contributed by atoms with van der Waals surface area (Å²) in [5, 5.41) is 0. The number of aldehydes is 1. The molecule has 18 heavy (non-hydrogen) atoms. The third-order valence-electron chi connectivity index (χ3n) is 2.56. The van der Waals surface area contributed by atoms with Crippen LogP contribution in [0.2, 0.25) is 0 Å². The Bertz CT molecular complexity index is 464. The summed E-state index contributed by atoms with van der Waals surface area (Å²) < 4.78 is 0. The number of benzene rings is 1. The van der Waals surface area contributed by atoms with Crippen molar-refractivity contribution in [3.05, 3.63) is 47.5 Å². The van der Waals surface area contributed by atoms with E-state index in [1.165, 1.54) is 0 Å². The van der Waals surface area contributed by atoms with Crippen LogP contribution in [0.15, 0.2) is 42.0 Å². The minimum Gasteiger partial charge on any atom is -0.303 e. The highest BCUT2D eigenvalue weighted by Gasteiger charge is 2.14. The van der Waals surface area contributed by atoms with Crippen molar-refractivity contribution < 1.29 is 4.79 Å². The maximum Gasteiger partial charge on any atom is 0.120 e. The van der Waals surface area contributed by atoms with Gasteiger partial charge in [0.15, 0.2) is 0 Å². The number of rotatable bonds is 3. The van der Waals surface area contributed by atoms with E-state index < -0.39 is 0 Å². The van der Waals surface area contributed by atoms with Gasteiger partial charge < -0.3 is 4.79 Å². The molecule has 0 atom stereocenters. The summed E-state index contributed by atoms with van der Waals surface area (Å²) in [6.07, 6.45) is 4.35. The zero-order valence-corrected chi connectivity index (χ0v) is 11.4. The molecule has 0 N–H and O–H groups in total. The second kappa shape index (κ2) is 6.81. The van der Waals surface area contributed by atoms with E-state index in [1.54, 1.807) is 0 Å². The molecule has 1 rings (SSSR count). The van der Waals surface area contributed by atoms with Crippen LogP contribution in [-0.4, -0.2) is 6.29 Å². The number of allylic oxidation sites excluding steroid dienone is 2. The van der Waals surface area contributed by atoms with Crippen molar-refractivity contribution in [2.45, 2.75) is 33.6 Å². The topological polar surface area (TPSA) is 17.1 Å². The largest absolute Gasteiger partial charge is 0.303 e. The van der Waals surface area contributed by atoms with Gasteiger partial charge in [0.2, 0.25) is 0 Å². The Labute approximate surface area is 110 Å². The van der Waals surface area contributed by atoms with Crippen LogP contribution in [-0.2, 0) is 4.79 Å². The molecule has 1 heteroatoms. The number of carbonyl (C=O) groups excluding carboxylic acids is 1. The molecule has 0 heterocycles. The fraction of sp³-hybridized carbons (Fsp3) is 0.353. The molecule has 0 aliphatic carbocycles. The summed E-state index contributed by atoms with van der Waals surface area (Å²) in [4.78, 5) is 10.4. The highest BCUT2D eigenvalue weighted by Crippen LogP contribution is 2.25. The molecule has 1 aromatic carbocycles. The van der Waals surface area contributed by atoms with Gasteiger partial charge in [0.1, 0.15) is 6.29 Å². The molecule has 0 unspecified atom stereocenters. The van der Waals surface area contributed by atoms with Gasteiger partial charge in [-0.15, -0.1) is 0 Å². The molecular formula is C17H20O. The molecule has 1 aromatic rings. The molecule has 94 valence electrons. The molecule has 0 spiro atoms. The predicted octanol–water partition coefficient (Wildman–Crippen LogP) is 3.99. The number of hydrogen-bond acceptors (Lipinski definition) is 1. The lowest BCUT2D eigenvalue weighted by Gasteiger charge is -2.18. The smallest absolute Gasteiger partial charge is 0.120 e. The van der Waals surface area contributed by atoms with Crippen molar-refractivity contribution in [3.8, 4) is 11.8 Å². The van der Waals surface area contributed by atoms with E-state index in [-0.39, 0.29) is 5.41 Å². The van der Waals surface area contributed by atoms with Crippen molar-refractivity contribution >= 4 is 6.29 Å². The summed E-state index contributed by atoms with van der Waals surface area (Å²) in [7, 11) is 0. The van der Waals surface area contributed by atoms with Crippen LogP contribution in [0.25, 0.3) is 0 Å². The minimum atomic E-state index is 0.0185. The maximum absolute atomic E-state index is 10.4. The van der Waals surface area contributed by atoms with Crippen LogP contribution < -0.4 is 0 Å². The van der Waals surface area contributed by atoms with Gasteiger partial charge in [-0.05, 0) is 24.0 Å². The molecule has 0 aliphatic heterocycles. The van der Waals surface area contributed by atoms with E-state index in [1.807, 2.05) is 30.3 Å². The lowest BCUT2D eigenvalue weighted by molar-refractivity contribution is -0.107. The zero-order chi connectivity index (χ0) is 13.4. The van der Waals surface area contributed by atoms with Crippen LogP contribution in [0, 0.1) is 17.3 Å². The monoisotopic (exact) mass is 240 g/mol. The summed E-state index contributed by atoms with van der Waals surface area (Å²) in [6, 6.07) is 9.95. The normalized spacial score (nSPS) is 11.6. The Morgan fingerprint density at radius 1 is 1.17 bits per heavy atom. The summed E-state index contributed by atoms with van der Waals surface area (Å²) in [5.74, 6) is 6.40. The van der Waals surface area contributed by atoms with E-state index in [9.17, 15) is 4.79 Å². The molecule has 0 amide bonds. The molecule has 0 saturated carbocycles. The number of hydrogen-bond donors (Lipinski definition) is 0. The Kier molecular flexibility index (Phi) is 5.39. The van der Waals surface area contributed by atoms with E-state index in [4.69, 9.17) is 0 Å². The van der Waals surface area contributed by atoms with Gasteiger partial charge in [-0.25, -0.2) is 0 Å². The Hall–Kier alpha value is -1.81. The van der Waals surface area contributed by atoms with Crippen molar-refractivity contribution in [1.29, 1.82) is 0 Å². The molecule has 0 bridgehead atoms. The molecule has 1 nitrogen and oxygen atoms in total. The fourth-order valence-corrected chi connectivity index (χ4v) is 1.50. The van der Waals surface area contributed by atoms with Crippen molar-refractivity contribution in [2.24, 2.45) is 5.41 Å². The summed E-state index contributed by atoms with van der Waals surface area (Å²) >= 11 is 0. The average Bonchev–Trinajstić information content (AvgIpc) is 2.33. The van der Waals surface area contributed by atoms with Crippen molar-refractivity contribution in [1.82, 2.24) is 0 Å². The zero-order valence-electron chi connectivity index (χ0n) is 11.4. The highest BCUT2D eigenvalue weighted by atomic mass is 16.1. The van der Waals surface area contributed by atoms with Crippen LogP contribution in [0.3, 0.4) is 0 Å². The third-order valence-corrected chi connectivity index (χ3v) is 2.56. The quantitative estimate of drug-likeness (QED) is 0.443. The first-order valence-corrected chi connectivity index (χ1v) is 6.25. The lowest BCUT2D eigenvalue weighted by atomic mass is 9.86. The summed E-state index contributed by atoms with van der Waals surface area (Å²) in [5.41, 5.74) is 2.13. The standard InChI is InChI=1S/C17H20O/c1-17(2,3)16(11-7-8-14-18)13-12-15-9-5-4-6-10-15/h4-6,9-11,14H,7-8H2,1-3H3. The molecule has 0 fully saturated rings. The van der Waals surface area contributed by atoms with Crippen LogP contribution >= 0.6 is 0 Å². The second-order valence-electron chi connectivity index (χ2n) is 5.23. The molecule has 0 saturated heterocycles. The fourth-order valence-electron chi connectivity index (χ4n) is 1.50.